The highest BCUT2D eigenvalue weighted by Crippen LogP contribution is 2.17. The van der Waals surface area contributed by atoms with Gasteiger partial charge >= 0.3 is 5.97 Å². The molecule has 0 saturated carbocycles. The Morgan fingerprint density at radius 2 is 2.00 bits per heavy atom. The molecule has 16 heavy (non-hydrogen) atoms. The van der Waals surface area contributed by atoms with Crippen LogP contribution in [0.1, 0.15) is 33.2 Å². The molecule has 0 radical (unpaired) electrons. The standard InChI is InChI=1S/C11H15NO3S/c1-7(2)6-12-10(13)8-4-5-9(16-8)11(14)15-3/h4-5,7H,6H2,1-3H3,(H,12,13). The molecule has 0 spiro atoms. The van der Waals surface area contributed by atoms with Crippen LogP contribution in [-0.4, -0.2) is 25.5 Å². The molecule has 0 atom stereocenters. The predicted octanol–water partition coefficient (Wildman–Crippen LogP) is 1.92. The zero-order chi connectivity index (χ0) is 12.1. The van der Waals surface area contributed by atoms with Gasteiger partial charge in [0.15, 0.2) is 0 Å². The Balaban J connectivity index is 2.63. The second-order valence-electron chi connectivity index (χ2n) is 3.76. The van der Waals surface area contributed by atoms with Gasteiger partial charge in [0.2, 0.25) is 0 Å². The van der Waals surface area contributed by atoms with E-state index in [1.807, 2.05) is 13.8 Å². The van der Waals surface area contributed by atoms with E-state index in [0.717, 1.165) is 11.3 Å². The number of carbonyl (C=O) groups excluding carboxylic acids is 2. The van der Waals surface area contributed by atoms with Gasteiger partial charge in [0, 0.05) is 6.54 Å². The zero-order valence-electron chi connectivity index (χ0n) is 9.57. The minimum absolute atomic E-state index is 0.145. The van der Waals surface area contributed by atoms with Crippen LogP contribution in [-0.2, 0) is 4.74 Å². The average molecular weight is 241 g/mol. The summed E-state index contributed by atoms with van der Waals surface area (Å²) in [5.74, 6) is -0.147. The van der Waals surface area contributed by atoms with Gasteiger partial charge in [-0.25, -0.2) is 4.79 Å². The molecule has 5 heteroatoms. The van der Waals surface area contributed by atoms with Crippen molar-refractivity contribution in [3.63, 3.8) is 0 Å². The monoisotopic (exact) mass is 241 g/mol. The van der Waals surface area contributed by atoms with E-state index in [9.17, 15) is 9.59 Å². The van der Waals surface area contributed by atoms with Gasteiger partial charge in [0.05, 0.1) is 12.0 Å². The van der Waals surface area contributed by atoms with Crippen LogP contribution >= 0.6 is 11.3 Å². The summed E-state index contributed by atoms with van der Waals surface area (Å²) in [5, 5.41) is 2.79. The van der Waals surface area contributed by atoms with E-state index < -0.39 is 5.97 Å². The summed E-state index contributed by atoms with van der Waals surface area (Å²) in [6.07, 6.45) is 0. The van der Waals surface area contributed by atoms with Crippen molar-refractivity contribution in [2.75, 3.05) is 13.7 Å². The highest BCUT2D eigenvalue weighted by atomic mass is 32.1. The second-order valence-corrected chi connectivity index (χ2v) is 4.84. The Morgan fingerprint density at radius 1 is 1.38 bits per heavy atom. The molecule has 0 aliphatic carbocycles. The van der Waals surface area contributed by atoms with Crippen LogP contribution in [0.15, 0.2) is 12.1 Å². The summed E-state index contributed by atoms with van der Waals surface area (Å²) in [6, 6.07) is 3.23. The van der Waals surface area contributed by atoms with Crippen LogP contribution < -0.4 is 5.32 Å². The third kappa shape index (κ3) is 3.34. The number of ether oxygens (including phenoxy) is 1. The minimum Gasteiger partial charge on any atom is -0.465 e. The van der Waals surface area contributed by atoms with Crippen molar-refractivity contribution in [1.29, 1.82) is 0 Å². The summed E-state index contributed by atoms with van der Waals surface area (Å²) in [7, 11) is 1.32. The fraction of sp³-hybridized carbons (Fsp3) is 0.455. The molecular weight excluding hydrogens is 226 g/mol. The summed E-state index contributed by atoms with van der Waals surface area (Å²) in [6.45, 7) is 4.67. The number of amides is 1. The Bertz CT molecular complexity index is 384. The fourth-order valence-corrected chi connectivity index (χ4v) is 1.89. The largest absolute Gasteiger partial charge is 0.465 e. The van der Waals surface area contributed by atoms with E-state index in [-0.39, 0.29) is 5.91 Å². The van der Waals surface area contributed by atoms with Gasteiger partial charge in [-0.3, -0.25) is 4.79 Å². The van der Waals surface area contributed by atoms with E-state index in [2.05, 4.69) is 10.1 Å². The number of nitrogens with one attached hydrogen (secondary N) is 1. The lowest BCUT2D eigenvalue weighted by Gasteiger charge is -2.05. The van der Waals surface area contributed by atoms with Crippen LogP contribution in [0.2, 0.25) is 0 Å². The maximum Gasteiger partial charge on any atom is 0.348 e. The quantitative estimate of drug-likeness (QED) is 0.819. The number of methoxy groups -OCH3 is 1. The molecule has 0 saturated heterocycles. The van der Waals surface area contributed by atoms with Gasteiger partial charge in [0.25, 0.3) is 5.91 Å². The maximum atomic E-state index is 11.6. The van der Waals surface area contributed by atoms with Gasteiger partial charge in [-0.05, 0) is 18.1 Å². The van der Waals surface area contributed by atoms with Crippen molar-refractivity contribution < 1.29 is 14.3 Å². The highest BCUT2D eigenvalue weighted by Gasteiger charge is 2.13. The van der Waals surface area contributed by atoms with Crippen molar-refractivity contribution in [3.8, 4) is 0 Å². The molecule has 88 valence electrons. The van der Waals surface area contributed by atoms with Crippen molar-refractivity contribution >= 4 is 23.2 Å². The van der Waals surface area contributed by atoms with Gasteiger partial charge in [-0.2, -0.15) is 0 Å². The fourth-order valence-electron chi connectivity index (χ4n) is 1.05. The Kier molecular flexibility index (Phi) is 4.49. The van der Waals surface area contributed by atoms with Gasteiger partial charge in [-0.1, -0.05) is 13.8 Å². The highest BCUT2D eigenvalue weighted by molar-refractivity contribution is 7.15. The first-order valence-corrected chi connectivity index (χ1v) is 5.82. The van der Waals surface area contributed by atoms with Gasteiger partial charge in [-0.15, -0.1) is 11.3 Å². The Labute approximate surface area is 98.6 Å². The van der Waals surface area contributed by atoms with E-state index in [1.165, 1.54) is 7.11 Å². The van der Waals surface area contributed by atoms with Gasteiger partial charge < -0.3 is 10.1 Å². The minimum atomic E-state index is -0.409. The summed E-state index contributed by atoms with van der Waals surface area (Å²) in [5.41, 5.74) is 0. The van der Waals surface area contributed by atoms with Crippen molar-refractivity contribution in [1.82, 2.24) is 5.32 Å². The molecule has 0 fully saturated rings. The van der Waals surface area contributed by atoms with Gasteiger partial charge in [0.1, 0.15) is 4.88 Å². The molecule has 4 nitrogen and oxygen atoms in total. The predicted molar refractivity (Wildman–Crippen MR) is 62.8 cm³/mol. The lowest BCUT2D eigenvalue weighted by Crippen LogP contribution is -2.26. The molecule has 1 heterocycles. The third-order valence-electron chi connectivity index (χ3n) is 1.89. The SMILES string of the molecule is COC(=O)c1ccc(C(=O)NCC(C)C)s1. The number of hydrogen-bond donors (Lipinski definition) is 1. The number of carbonyl (C=O) groups is 2. The second kappa shape index (κ2) is 5.65. The topological polar surface area (TPSA) is 55.4 Å². The van der Waals surface area contributed by atoms with Crippen LogP contribution in [0.3, 0.4) is 0 Å². The van der Waals surface area contributed by atoms with Crippen molar-refractivity contribution in [3.05, 3.63) is 21.9 Å². The molecule has 0 aliphatic rings. The van der Waals surface area contributed by atoms with Crippen molar-refractivity contribution in [2.45, 2.75) is 13.8 Å². The average Bonchev–Trinajstić information content (AvgIpc) is 2.74. The molecular formula is C11H15NO3S. The summed E-state index contributed by atoms with van der Waals surface area (Å²) in [4.78, 5) is 23.8. The van der Waals surface area contributed by atoms with E-state index in [0.29, 0.717) is 22.2 Å². The van der Waals surface area contributed by atoms with Crippen LogP contribution in [0, 0.1) is 5.92 Å². The molecule has 0 bridgehead atoms. The van der Waals surface area contributed by atoms with Crippen LogP contribution in [0.4, 0.5) is 0 Å². The number of hydrogen-bond acceptors (Lipinski definition) is 4. The normalized spacial score (nSPS) is 10.2. The first-order chi connectivity index (χ1) is 7.54. The molecule has 0 aliphatic heterocycles. The first kappa shape index (κ1) is 12.7. The summed E-state index contributed by atoms with van der Waals surface area (Å²) < 4.78 is 4.57. The number of rotatable bonds is 4. The molecule has 1 amide bonds. The molecule has 1 aromatic heterocycles. The molecule has 0 aromatic carbocycles. The summed E-state index contributed by atoms with van der Waals surface area (Å²) >= 11 is 1.14. The first-order valence-electron chi connectivity index (χ1n) is 5.01. The van der Waals surface area contributed by atoms with E-state index in [4.69, 9.17) is 0 Å². The Morgan fingerprint density at radius 3 is 2.56 bits per heavy atom. The van der Waals surface area contributed by atoms with E-state index in [1.54, 1.807) is 12.1 Å². The van der Waals surface area contributed by atoms with Crippen LogP contribution in [0.25, 0.3) is 0 Å². The molecule has 0 unspecified atom stereocenters. The van der Waals surface area contributed by atoms with Crippen molar-refractivity contribution in [2.24, 2.45) is 5.92 Å². The van der Waals surface area contributed by atoms with Crippen LogP contribution in [0.5, 0.6) is 0 Å². The number of thiophene rings is 1. The Hall–Kier alpha value is -1.36. The lowest BCUT2D eigenvalue weighted by molar-refractivity contribution is 0.0606. The third-order valence-corrected chi connectivity index (χ3v) is 2.95. The number of esters is 1. The smallest absolute Gasteiger partial charge is 0.348 e. The zero-order valence-corrected chi connectivity index (χ0v) is 10.4. The van der Waals surface area contributed by atoms with E-state index >= 15 is 0 Å². The molecule has 1 N–H and O–H groups in total. The maximum absolute atomic E-state index is 11.6. The lowest BCUT2D eigenvalue weighted by atomic mass is 10.2. The molecule has 1 rings (SSSR count). The molecule has 1 aromatic rings.